The number of aromatic nitrogens is 3. The number of rotatable bonds is 5. The number of carbonyl (C=O) groups is 1. The summed E-state index contributed by atoms with van der Waals surface area (Å²) in [7, 11) is 0. The van der Waals surface area contributed by atoms with E-state index in [1.165, 1.54) is 17.7 Å². The van der Waals surface area contributed by atoms with Crippen LogP contribution in [0.2, 0.25) is 0 Å². The number of hydrogen-bond donors (Lipinski definition) is 0. The molecule has 0 amide bonds. The molecule has 0 spiro atoms. The normalized spacial score (nSPS) is 11.3. The summed E-state index contributed by atoms with van der Waals surface area (Å²) >= 11 is 0. The molecule has 0 aliphatic rings. The molecule has 0 radical (unpaired) electrons. The van der Waals surface area contributed by atoms with E-state index in [4.69, 9.17) is 9.47 Å². The minimum absolute atomic E-state index is 0.177. The van der Waals surface area contributed by atoms with Gasteiger partial charge in [-0.2, -0.15) is 18.3 Å². The lowest BCUT2D eigenvalue weighted by Crippen LogP contribution is -2.07. The molecule has 146 valence electrons. The fourth-order valence-electron chi connectivity index (χ4n) is 2.40. The Morgan fingerprint density at radius 3 is 2.57 bits per heavy atom. The summed E-state index contributed by atoms with van der Waals surface area (Å²) in [6.45, 7) is 3.24. The van der Waals surface area contributed by atoms with Crippen molar-refractivity contribution in [2.75, 3.05) is 0 Å². The average Bonchev–Trinajstić information content (AvgIpc) is 3.00. The van der Waals surface area contributed by atoms with Gasteiger partial charge >= 0.3 is 12.1 Å². The predicted molar refractivity (Wildman–Crippen MR) is 93.2 cm³/mol. The van der Waals surface area contributed by atoms with Crippen LogP contribution in [0.4, 0.5) is 13.2 Å². The lowest BCUT2D eigenvalue weighted by Gasteiger charge is -2.07. The maximum Gasteiger partial charge on any atom is 0.417 e. The van der Waals surface area contributed by atoms with Crippen molar-refractivity contribution in [3.8, 4) is 17.3 Å². The molecule has 28 heavy (non-hydrogen) atoms. The third-order valence-corrected chi connectivity index (χ3v) is 3.77. The molecular formula is C19H16F3N3O3. The Bertz CT molecular complexity index is 982. The number of esters is 1. The van der Waals surface area contributed by atoms with Gasteiger partial charge in [-0.05, 0) is 31.2 Å². The molecule has 0 atom stereocenters. The zero-order chi connectivity index (χ0) is 20.3. The van der Waals surface area contributed by atoms with Crippen LogP contribution >= 0.6 is 0 Å². The van der Waals surface area contributed by atoms with Crippen LogP contribution in [0.15, 0.2) is 48.8 Å². The van der Waals surface area contributed by atoms with Gasteiger partial charge < -0.3 is 9.47 Å². The summed E-state index contributed by atoms with van der Waals surface area (Å²) in [5.74, 6) is 0.697. The molecule has 6 nitrogen and oxygen atoms in total. The number of halogens is 3. The molecule has 3 aromatic rings. The third-order valence-electron chi connectivity index (χ3n) is 3.77. The first-order chi connectivity index (χ1) is 13.2. The standard InChI is InChI=1S/C19H16F3N3O3/c1-12-14(11-27-16-4-3-5-17(8-16)28-13(2)26)10-25(24-12)18-7-6-15(9-23-18)19(20,21)22/h3-10H,11H2,1-2H3. The topological polar surface area (TPSA) is 66.2 Å². The Hall–Kier alpha value is -3.36. The monoisotopic (exact) mass is 391 g/mol. The molecule has 0 unspecified atom stereocenters. The van der Waals surface area contributed by atoms with E-state index < -0.39 is 17.7 Å². The molecule has 0 saturated carbocycles. The number of pyridine rings is 1. The molecule has 0 fully saturated rings. The summed E-state index contributed by atoms with van der Waals surface area (Å²) in [4.78, 5) is 14.8. The Morgan fingerprint density at radius 1 is 1.18 bits per heavy atom. The number of hydrogen-bond acceptors (Lipinski definition) is 5. The van der Waals surface area contributed by atoms with Crippen molar-refractivity contribution >= 4 is 5.97 Å². The highest BCUT2D eigenvalue weighted by atomic mass is 19.4. The minimum atomic E-state index is -4.44. The molecule has 0 bridgehead atoms. The van der Waals surface area contributed by atoms with Crippen LogP contribution < -0.4 is 9.47 Å². The zero-order valence-electron chi connectivity index (χ0n) is 15.0. The number of aryl methyl sites for hydroxylation is 1. The van der Waals surface area contributed by atoms with Crippen LogP contribution in [-0.2, 0) is 17.6 Å². The Kier molecular flexibility index (Phi) is 5.34. The van der Waals surface area contributed by atoms with Gasteiger partial charge in [-0.15, -0.1) is 0 Å². The fourth-order valence-corrected chi connectivity index (χ4v) is 2.40. The smallest absolute Gasteiger partial charge is 0.417 e. The molecular weight excluding hydrogens is 375 g/mol. The van der Waals surface area contributed by atoms with Crippen LogP contribution in [0.25, 0.3) is 5.82 Å². The summed E-state index contributed by atoms with van der Waals surface area (Å²) in [6, 6.07) is 8.82. The Morgan fingerprint density at radius 2 is 1.93 bits per heavy atom. The second kappa shape index (κ2) is 7.71. The van der Waals surface area contributed by atoms with E-state index in [2.05, 4.69) is 10.1 Å². The number of carbonyl (C=O) groups excluding carboxylic acids is 1. The lowest BCUT2D eigenvalue weighted by atomic mass is 10.2. The first-order valence-corrected chi connectivity index (χ1v) is 8.22. The minimum Gasteiger partial charge on any atom is -0.489 e. The maximum absolute atomic E-state index is 12.6. The number of nitrogens with zero attached hydrogens (tertiary/aromatic N) is 3. The highest BCUT2D eigenvalue weighted by Gasteiger charge is 2.30. The van der Waals surface area contributed by atoms with E-state index in [1.54, 1.807) is 37.4 Å². The van der Waals surface area contributed by atoms with Gasteiger partial charge in [-0.25, -0.2) is 9.67 Å². The van der Waals surface area contributed by atoms with Crippen molar-refractivity contribution in [1.82, 2.24) is 14.8 Å². The SMILES string of the molecule is CC(=O)Oc1cccc(OCc2cn(-c3ccc(C(F)(F)F)cn3)nc2C)c1. The molecule has 2 aromatic heterocycles. The molecule has 0 saturated heterocycles. The van der Waals surface area contributed by atoms with Crippen LogP contribution in [-0.4, -0.2) is 20.7 Å². The first kappa shape index (κ1) is 19.4. The second-order valence-electron chi connectivity index (χ2n) is 5.94. The molecule has 0 aliphatic heterocycles. The molecule has 0 N–H and O–H groups in total. The molecule has 9 heteroatoms. The van der Waals surface area contributed by atoms with E-state index in [0.29, 0.717) is 17.2 Å². The molecule has 1 aromatic carbocycles. The Labute approximate surface area is 158 Å². The van der Waals surface area contributed by atoms with Gasteiger partial charge in [-0.1, -0.05) is 6.07 Å². The molecule has 2 heterocycles. The maximum atomic E-state index is 12.6. The summed E-state index contributed by atoms with van der Waals surface area (Å²) in [5, 5.41) is 4.27. The average molecular weight is 391 g/mol. The fraction of sp³-hybridized carbons (Fsp3) is 0.211. The highest BCUT2D eigenvalue weighted by molar-refractivity contribution is 5.69. The number of alkyl halides is 3. The van der Waals surface area contributed by atoms with Crippen LogP contribution in [0.1, 0.15) is 23.7 Å². The van der Waals surface area contributed by atoms with Gasteiger partial charge in [0.05, 0.1) is 11.3 Å². The van der Waals surface area contributed by atoms with Gasteiger partial charge in [-0.3, -0.25) is 4.79 Å². The van der Waals surface area contributed by atoms with Crippen molar-refractivity contribution in [2.24, 2.45) is 0 Å². The predicted octanol–water partition coefficient (Wildman–Crippen LogP) is 4.10. The molecule has 3 rings (SSSR count). The molecule has 0 aliphatic carbocycles. The van der Waals surface area contributed by atoms with Crippen LogP contribution in [0.3, 0.4) is 0 Å². The van der Waals surface area contributed by atoms with E-state index in [9.17, 15) is 18.0 Å². The van der Waals surface area contributed by atoms with E-state index in [0.717, 1.165) is 17.8 Å². The number of benzene rings is 1. The second-order valence-corrected chi connectivity index (χ2v) is 5.94. The van der Waals surface area contributed by atoms with Crippen molar-refractivity contribution in [1.29, 1.82) is 0 Å². The van der Waals surface area contributed by atoms with E-state index in [-0.39, 0.29) is 12.4 Å². The van der Waals surface area contributed by atoms with E-state index >= 15 is 0 Å². The third kappa shape index (κ3) is 4.67. The Balaban J connectivity index is 1.72. The summed E-state index contributed by atoms with van der Waals surface area (Å²) < 4.78 is 50.0. The highest BCUT2D eigenvalue weighted by Crippen LogP contribution is 2.28. The van der Waals surface area contributed by atoms with Crippen molar-refractivity contribution in [3.05, 3.63) is 65.6 Å². The van der Waals surface area contributed by atoms with Gasteiger partial charge in [0.25, 0.3) is 0 Å². The first-order valence-electron chi connectivity index (χ1n) is 8.22. The van der Waals surface area contributed by atoms with Crippen molar-refractivity contribution in [2.45, 2.75) is 26.6 Å². The van der Waals surface area contributed by atoms with Gasteiger partial charge in [0.2, 0.25) is 0 Å². The lowest BCUT2D eigenvalue weighted by molar-refractivity contribution is -0.138. The zero-order valence-corrected chi connectivity index (χ0v) is 15.0. The summed E-state index contributed by atoms with van der Waals surface area (Å²) in [5.41, 5.74) is 0.564. The van der Waals surface area contributed by atoms with Gasteiger partial charge in [0, 0.05) is 30.9 Å². The number of ether oxygens (including phenoxy) is 2. The van der Waals surface area contributed by atoms with Crippen LogP contribution in [0, 0.1) is 6.92 Å². The van der Waals surface area contributed by atoms with Gasteiger partial charge in [0.1, 0.15) is 18.1 Å². The van der Waals surface area contributed by atoms with Crippen molar-refractivity contribution < 1.29 is 27.4 Å². The largest absolute Gasteiger partial charge is 0.489 e. The van der Waals surface area contributed by atoms with Gasteiger partial charge in [0.15, 0.2) is 5.82 Å². The quantitative estimate of drug-likeness (QED) is 0.484. The van der Waals surface area contributed by atoms with E-state index in [1.807, 2.05) is 0 Å². The van der Waals surface area contributed by atoms with Crippen molar-refractivity contribution in [3.63, 3.8) is 0 Å². The van der Waals surface area contributed by atoms with Crippen LogP contribution in [0.5, 0.6) is 11.5 Å². The summed E-state index contributed by atoms with van der Waals surface area (Å²) in [6.07, 6.45) is -2.03.